The largest absolute Gasteiger partial charge is 0.508 e. The molecule has 5 aromatic carbocycles. The predicted molar refractivity (Wildman–Crippen MR) is 217 cm³/mol. The van der Waals surface area contributed by atoms with E-state index in [0.29, 0.717) is 36.1 Å². The predicted octanol–water partition coefficient (Wildman–Crippen LogP) is 7.24. The number of para-hydroxylation sites is 1. The summed E-state index contributed by atoms with van der Waals surface area (Å²) in [5.41, 5.74) is 23.4. The van der Waals surface area contributed by atoms with Crippen molar-refractivity contribution < 1.29 is 44.3 Å². The third-order valence-electron chi connectivity index (χ3n) is 6.31. The molecule has 5 rings (SSSR count). The van der Waals surface area contributed by atoms with Gasteiger partial charge < -0.3 is 52.8 Å². The molecule has 0 unspecified atom stereocenters. The highest BCUT2D eigenvalue weighted by atomic mass is 32.1. The van der Waals surface area contributed by atoms with Gasteiger partial charge in [0.1, 0.15) is 34.1 Å². The number of aromatic carboxylic acids is 2. The average Bonchev–Trinajstić information content (AvgIpc) is 3.13. The molecule has 0 fully saturated rings. The SMILES string of the molecule is CCCOc1cc(N)ccc1C(=O)O.CCCOc1ccc(N)cc1C(=O)O.NC(=O)c1ccccc1O.Nc1ccc(S)cc1.Oc1ccc(S)cc1. The van der Waals surface area contributed by atoms with Gasteiger partial charge in [0.25, 0.3) is 5.91 Å². The number of hydrogen-bond donors (Lipinski definition) is 10. The summed E-state index contributed by atoms with van der Waals surface area (Å²) in [6.07, 6.45) is 1.66. The van der Waals surface area contributed by atoms with Crippen LogP contribution in [0.3, 0.4) is 0 Å². The fourth-order valence-corrected chi connectivity index (χ4v) is 4.01. The lowest BCUT2D eigenvalue weighted by Crippen LogP contribution is -2.10. The molecule has 0 bridgehead atoms. The van der Waals surface area contributed by atoms with Gasteiger partial charge in [0.05, 0.1) is 18.8 Å². The minimum atomic E-state index is -1.02. The summed E-state index contributed by atoms with van der Waals surface area (Å²) in [5.74, 6) is -1.73. The second kappa shape index (κ2) is 24.9. The highest BCUT2D eigenvalue weighted by Gasteiger charge is 2.12. The number of phenols is 2. The maximum Gasteiger partial charge on any atom is 0.339 e. The first-order valence-corrected chi connectivity index (χ1v) is 17.1. The minimum Gasteiger partial charge on any atom is -0.508 e. The van der Waals surface area contributed by atoms with E-state index in [2.05, 4.69) is 25.3 Å². The smallest absolute Gasteiger partial charge is 0.339 e. The monoisotopic (exact) mass is 778 g/mol. The molecule has 0 saturated carbocycles. The van der Waals surface area contributed by atoms with E-state index in [-0.39, 0.29) is 28.2 Å². The van der Waals surface area contributed by atoms with Crippen LogP contribution in [-0.4, -0.2) is 51.5 Å². The lowest BCUT2D eigenvalue weighted by Gasteiger charge is -2.08. The molecule has 13 nitrogen and oxygen atoms in total. The van der Waals surface area contributed by atoms with Crippen molar-refractivity contribution in [1.82, 2.24) is 0 Å². The quantitative estimate of drug-likeness (QED) is 0.0525. The molecule has 12 N–H and O–H groups in total. The van der Waals surface area contributed by atoms with Gasteiger partial charge in [0, 0.05) is 32.9 Å². The number of phenolic OH excluding ortho intramolecular Hbond substituents is 1. The highest BCUT2D eigenvalue weighted by Crippen LogP contribution is 2.23. The topological polar surface area (TPSA) is 255 Å². The van der Waals surface area contributed by atoms with Crippen molar-refractivity contribution in [3.63, 3.8) is 0 Å². The third-order valence-corrected chi connectivity index (χ3v) is 6.90. The van der Waals surface area contributed by atoms with E-state index in [1.54, 1.807) is 54.6 Å². The van der Waals surface area contributed by atoms with Crippen LogP contribution in [0.1, 0.15) is 57.8 Å². The lowest BCUT2D eigenvalue weighted by atomic mass is 10.2. The van der Waals surface area contributed by atoms with Crippen LogP contribution in [-0.2, 0) is 0 Å². The van der Waals surface area contributed by atoms with Gasteiger partial charge in [-0.3, -0.25) is 4.79 Å². The Bertz CT molecular complexity index is 1820. The van der Waals surface area contributed by atoms with E-state index in [4.69, 9.17) is 52.8 Å². The van der Waals surface area contributed by atoms with E-state index in [0.717, 1.165) is 28.3 Å². The molecule has 15 heteroatoms. The Labute approximate surface area is 325 Å². The molecule has 0 spiro atoms. The van der Waals surface area contributed by atoms with Crippen LogP contribution in [0.15, 0.2) is 119 Å². The minimum absolute atomic E-state index is 0.0741. The first kappa shape index (κ1) is 45.8. The Morgan fingerprint density at radius 2 is 1.04 bits per heavy atom. The van der Waals surface area contributed by atoms with Crippen molar-refractivity contribution in [2.75, 3.05) is 30.4 Å². The van der Waals surface area contributed by atoms with Gasteiger partial charge in [-0.15, -0.1) is 25.3 Å². The summed E-state index contributed by atoms with van der Waals surface area (Å²) in [4.78, 5) is 33.9. The molecule has 0 heterocycles. The van der Waals surface area contributed by atoms with Crippen LogP contribution in [0.2, 0.25) is 0 Å². The number of amides is 1. The average molecular weight is 779 g/mol. The molecular weight excluding hydrogens is 733 g/mol. The number of carbonyl (C=O) groups excluding carboxylic acids is 1. The number of hydrogen-bond acceptors (Lipinski definition) is 12. The summed E-state index contributed by atoms with van der Waals surface area (Å²) in [6, 6.07) is 29.3. The number of rotatable bonds is 9. The van der Waals surface area contributed by atoms with Gasteiger partial charge in [0.15, 0.2) is 0 Å². The fourth-order valence-electron chi connectivity index (χ4n) is 3.71. The Balaban J connectivity index is 0.000000344. The van der Waals surface area contributed by atoms with Crippen molar-refractivity contribution in [3.8, 4) is 23.0 Å². The molecule has 0 atom stereocenters. The number of carboxylic acids is 2. The van der Waals surface area contributed by atoms with Crippen LogP contribution in [0.4, 0.5) is 17.1 Å². The van der Waals surface area contributed by atoms with Crippen molar-refractivity contribution in [2.24, 2.45) is 5.73 Å². The molecule has 54 heavy (non-hydrogen) atoms. The molecular formula is C39H46N4O9S2. The first-order valence-electron chi connectivity index (χ1n) is 16.2. The third kappa shape index (κ3) is 18.3. The van der Waals surface area contributed by atoms with Gasteiger partial charge >= 0.3 is 11.9 Å². The summed E-state index contributed by atoms with van der Waals surface area (Å²) in [6.45, 7) is 4.90. The molecule has 1 amide bonds. The van der Waals surface area contributed by atoms with E-state index in [9.17, 15) is 14.4 Å². The Kier molecular flexibility index (Phi) is 21.1. The highest BCUT2D eigenvalue weighted by molar-refractivity contribution is 7.80. The fraction of sp³-hybridized carbons (Fsp3) is 0.154. The van der Waals surface area contributed by atoms with Gasteiger partial charge in [-0.05, 0) is 104 Å². The van der Waals surface area contributed by atoms with Crippen LogP contribution in [0.25, 0.3) is 0 Å². The van der Waals surface area contributed by atoms with Crippen LogP contribution < -0.4 is 32.4 Å². The van der Waals surface area contributed by atoms with Crippen molar-refractivity contribution in [1.29, 1.82) is 0 Å². The van der Waals surface area contributed by atoms with Crippen LogP contribution in [0, 0.1) is 0 Å². The summed E-state index contributed by atoms with van der Waals surface area (Å²) in [7, 11) is 0. The standard InChI is InChI=1S/2C10H13NO3.C7H7NO2.C6H7NS.C6H6OS/c1-2-5-14-9-4-3-7(11)6-8(9)10(12)13;1-2-5-14-9-6-7(11)3-4-8(9)10(12)13;8-7(10)5-3-1-2-4-6(5)9;2*7-5-1-3-6(8)4-2-5/h2*3-4,6H,2,5,11H2,1H3,(H,12,13);1-4,9H,(H2,8,10);1-4,8H,7H2;1-4,7-8H. The molecule has 0 aliphatic rings. The number of ether oxygens (including phenoxy) is 2. The number of carboxylic acid groups (broad SMARTS) is 2. The number of aromatic hydroxyl groups is 2. The number of nitrogen functional groups attached to an aromatic ring is 3. The second-order valence-electron chi connectivity index (χ2n) is 10.8. The lowest BCUT2D eigenvalue weighted by molar-refractivity contribution is 0.0681. The van der Waals surface area contributed by atoms with Gasteiger partial charge in [-0.2, -0.15) is 0 Å². The molecule has 0 aliphatic carbocycles. The second-order valence-corrected chi connectivity index (χ2v) is 11.8. The zero-order valence-electron chi connectivity index (χ0n) is 29.8. The number of anilines is 3. The maximum atomic E-state index is 10.8. The van der Waals surface area contributed by atoms with E-state index in [1.165, 1.54) is 30.3 Å². The Morgan fingerprint density at radius 1 is 0.574 bits per heavy atom. The van der Waals surface area contributed by atoms with Crippen LogP contribution in [0.5, 0.6) is 23.0 Å². The van der Waals surface area contributed by atoms with E-state index in [1.807, 2.05) is 38.1 Å². The van der Waals surface area contributed by atoms with Crippen molar-refractivity contribution >= 4 is 60.2 Å². The molecule has 5 aromatic rings. The zero-order chi connectivity index (χ0) is 40.6. The Hall–Kier alpha value is -6.19. The van der Waals surface area contributed by atoms with Crippen molar-refractivity contribution in [3.05, 3.63) is 126 Å². The molecule has 0 saturated heterocycles. The Morgan fingerprint density at radius 3 is 1.48 bits per heavy atom. The van der Waals surface area contributed by atoms with Gasteiger partial charge in [-0.1, -0.05) is 26.0 Å². The first-order chi connectivity index (χ1) is 25.6. The summed E-state index contributed by atoms with van der Waals surface area (Å²) >= 11 is 8.10. The number of carbonyl (C=O) groups is 3. The number of nitrogens with two attached hydrogens (primary N) is 4. The van der Waals surface area contributed by atoms with E-state index >= 15 is 0 Å². The van der Waals surface area contributed by atoms with Crippen LogP contribution >= 0.6 is 25.3 Å². The summed E-state index contributed by atoms with van der Waals surface area (Å²) < 4.78 is 10.5. The number of benzene rings is 5. The molecule has 288 valence electrons. The van der Waals surface area contributed by atoms with Gasteiger partial charge in [0.2, 0.25) is 0 Å². The maximum absolute atomic E-state index is 10.8. The van der Waals surface area contributed by atoms with Gasteiger partial charge in [-0.25, -0.2) is 9.59 Å². The molecule has 0 aliphatic heterocycles. The van der Waals surface area contributed by atoms with Crippen molar-refractivity contribution in [2.45, 2.75) is 36.5 Å². The number of primary amides is 1. The molecule has 0 radical (unpaired) electrons. The summed E-state index contributed by atoms with van der Waals surface area (Å²) in [5, 5.41) is 35.4. The normalized spacial score (nSPS) is 9.48. The molecule has 0 aromatic heterocycles. The zero-order valence-corrected chi connectivity index (χ0v) is 31.5. The van der Waals surface area contributed by atoms with E-state index < -0.39 is 17.8 Å². The number of thiol groups is 2.